The van der Waals surface area contributed by atoms with Crippen molar-refractivity contribution in [2.75, 3.05) is 20.6 Å². The lowest BCUT2D eigenvalue weighted by molar-refractivity contribution is -0.332. The molecule has 1 saturated heterocycles. The number of carboxylic acid groups (broad SMARTS) is 1. The quantitative estimate of drug-likeness (QED) is 0.0331. The van der Waals surface area contributed by atoms with Crippen LogP contribution in [-0.2, 0) is 28.6 Å². The van der Waals surface area contributed by atoms with Crippen LogP contribution in [0.1, 0.15) is 145 Å². The molecule has 2 rings (SSSR count). The fourth-order valence-electron chi connectivity index (χ4n) is 9.94. The molecule has 0 aromatic carbocycles. The molecule has 2 heterocycles. The Morgan fingerprint density at radius 1 is 0.818 bits per heavy atom. The van der Waals surface area contributed by atoms with Crippen molar-refractivity contribution in [3.05, 3.63) is 59.8 Å². The number of aliphatic hydroxyl groups is 10. The van der Waals surface area contributed by atoms with Crippen molar-refractivity contribution in [3.63, 3.8) is 0 Å². The van der Waals surface area contributed by atoms with Gasteiger partial charge in [0, 0.05) is 82.0 Å². The number of guanidine groups is 1. The van der Waals surface area contributed by atoms with Crippen LogP contribution in [-0.4, -0.2) is 180 Å². The highest BCUT2D eigenvalue weighted by molar-refractivity contribution is 5.90. The number of rotatable bonds is 12. The van der Waals surface area contributed by atoms with Gasteiger partial charge in [0.15, 0.2) is 11.7 Å². The molecule has 442 valence electrons. The van der Waals surface area contributed by atoms with Gasteiger partial charge in [-0.2, -0.15) is 0 Å². The van der Waals surface area contributed by atoms with Gasteiger partial charge in [-0.3, -0.25) is 14.6 Å². The van der Waals surface area contributed by atoms with Crippen LogP contribution in [0.4, 0.5) is 0 Å². The largest absolute Gasteiger partial charge is 0.481 e. The van der Waals surface area contributed by atoms with E-state index in [-0.39, 0.29) is 63.2 Å². The predicted molar refractivity (Wildman–Crippen MR) is 292 cm³/mol. The van der Waals surface area contributed by atoms with E-state index < -0.39 is 128 Å². The number of aliphatic carboxylic acids is 1. The number of nitrogens with zero attached hydrogens (tertiary/aromatic N) is 1. The minimum Gasteiger partial charge on any atom is -0.481 e. The van der Waals surface area contributed by atoms with Crippen LogP contribution in [0.15, 0.2) is 64.7 Å². The number of allylic oxidation sites excluding steroid dienone is 6. The molecule has 20 heteroatoms. The van der Waals surface area contributed by atoms with Gasteiger partial charge in [-0.15, -0.1) is 0 Å². The lowest BCUT2D eigenvalue weighted by Gasteiger charge is -2.45. The van der Waals surface area contributed by atoms with E-state index in [4.69, 9.17) is 14.2 Å². The zero-order chi connectivity index (χ0) is 58.0. The molecule has 0 aliphatic carbocycles. The van der Waals surface area contributed by atoms with Crippen molar-refractivity contribution >= 4 is 23.9 Å². The molecule has 13 N–H and O–H groups in total. The molecule has 0 aromatic heterocycles. The standard InChI is InChI=1S/C57H97N3O17/c1-34-20-16-22-37(4)53(36(3)19-14-12-10-11-13-15-26-60-56(58-8)59-9)76-55(73)38(5)23-17-21-35(2)51(70)40(7)52(71)39(6)46(64)25-18-24-41(61)33-57(74)54(72)48(66)31-45(77-57)30-44(75-50(69)32-49(67)68)28-42(62)27-43(63)29-47(34)65/h10-11,16-17,20-23,35-37,39-48,51-54,61-66,70-72,74H,12-15,18-19,24-33H2,1-9H3,(H,67,68)(H2,58,59,60)/b11-10+,21-17+,22-16+,34-20+,38-23-. The zero-order valence-electron chi connectivity index (χ0n) is 47.1. The Morgan fingerprint density at radius 3 is 2.10 bits per heavy atom. The zero-order valence-corrected chi connectivity index (χ0v) is 47.1. The molecule has 0 radical (unpaired) electrons. The molecule has 0 aromatic rings. The number of carboxylic acids is 1. The number of hydrogen-bond acceptors (Lipinski definition) is 17. The molecule has 1 fully saturated rings. The van der Waals surface area contributed by atoms with Gasteiger partial charge in [0.2, 0.25) is 0 Å². The van der Waals surface area contributed by atoms with Crippen molar-refractivity contribution in [2.24, 2.45) is 34.6 Å². The van der Waals surface area contributed by atoms with E-state index in [9.17, 15) is 70.6 Å². The molecule has 0 saturated carbocycles. The summed E-state index contributed by atoms with van der Waals surface area (Å²) in [7, 11) is 3.53. The third kappa shape index (κ3) is 25.3. The number of aliphatic hydroxyl groups excluding tert-OH is 9. The number of ether oxygens (including phenoxy) is 3. The highest BCUT2D eigenvalue weighted by Gasteiger charge is 2.49. The maximum atomic E-state index is 13.7. The van der Waals surface area contributed by atoms with Crippen molar-refractivity contribution in [1.29, 1.82) is 0 Å². The normalized spacial score (nSPS) is 37.6. The molecule has 20 nitrogen and oxygen atoms in total. The summed E-state index contributed by atoms with van der Waals surface area (Å²) in [5.74, 6) is -7.14. The van der Waals surface area contributed by atoms with Gasteiger partial charge in [-0.1, -0.05) is 83.2 Å². The molecule has 18 unspecified atom stereocenters. The molecule has 2 aliphatic rings. The SMILES string of the molecule is CN=C(NC)NCCC/C=C/CCCC(C)C1OC(=O)/C(C)=C\C=C\C(C)C(O)C(C)C(O)C(C)C(O)CCCC(O)CC2(O)OC(CC(OC(=O)CC(=O)O)CC(O)CC(O)CC(O)/C(C)=C/C=C/C1C)CC(O)C2O. The lowest BCUT2D eigenvalue weighted by atomic mass is 9.81. The van der Waals surface area contributed by atoms with Gasteiger partial charge in [0.1, 0.15) is 24.7 Å². The fraction of sp³-hybridized carbons (Fsp3) is 0.754. The Kier molecular flexibility index (Phi) is 31.9. The first-order valence-corrected chi connectivity index (χ1v) is 27.6. The number of nitrogens with one attached hydrogen (secondary N) is 2. The predicted octanol–water partition coefficient (Wildman–Crippen LogP) is 3.63. The Labute approximate surface area is 456 Å². The average molecular weight is 1100 g/mol. The highest BCUT2D eigenvalue weighted by Crippen LogP contribution is 2.36. The molecule has 77 heavy (non-hydrogen) atoms. The second kappa shape index (κ2) is 35.5. The topological polar surface area (TPSA) is 338 Å². The summed E-state index contributed by atoms with van der Waals surface area (Å²) in [4.78, 5) is 41.7. The van der Waals surface area contributed by atoms with Crippen molar-refractivity contribution in [1.82, 2.24) is 10.6 Å². The number of hydrogen-bond donors (Lipinski definition) is 13. The summed E-state index contributed by atoms with van der Waals surface area (Å²) >= 11 is 0. The molecule has 0 amide bonds. The van der Waals surface area contributed by atoms with Gasteiger partial charge in [0.05, 0.1) is 54.9 Å². The fourth-order valence-corrected chi connectivity index (χ4v) is 9.94. The number of fused-ring (bicyclic) bond motifs is 2. The molecule has 0 spiro atoms. The number of carbonyl (C=O) groups excluding carboxylic acids is 2. The van der Waals surface area contributed by atoms with E-state index in [2.05, 4.69) is 27.8 Å². The number of carbonyl (C=O) groups is 3. The number of unbranched alkanes of at least 4 members (excludes halogenated alkanes) is 2. The van der Waals surface area contributed by atoms with E-state index in [1.807, 2.05) is 27.0 Å². The third-order valence-corrected chi connectivity index (χ3v) is 14.9. The Hall–Kier alpha value is -4.06. The minimum absolute atomic E-state index is 0.00540. The van der Waals surface area contributed by atoms with Crippen LogP contribution in [0.2, 0.25) is 0 Å². The van der Waals surface area contributed by atoms with E-state index in [0.29, 0.717) is 11.1 Å². The Balaban J connectivity index is 2.43. The van der Waals surface area contributed by atoms with Gasteiger partial charge < -0.3 is 81.0 Å². The maximum absolute atomic E-state index is 13.7. The summed E-state index contributed by atoms with van der Waals surface area (Å²) in [5, 5.41) is 127. The first kappa shape index (κ1) is 69.0. The number of esters is 2. The van der Waals surface area contributed by atoms with E-state index in [1.165, 1.54) is 0 Å². The summed E-state index contributed by atoms with van der Waals surface area (Å²) in [6, 6.07) is 0. The van der Waals surface area contributed by atoms with Gasteiger partial charge in [0.25, 0.3) is 0 Å². The summed E-state index contributed by atoms with van der Waals surface area (Å²) in [6.07, 6.45) is 1.40. The number of cyclic esters (lactones) is 1. The lowest BCUT2D eigenvalue weighted by Crippen LogP contribution is -2.59. The van der Waals surface area contributed by atoms with E-state index in [1.54, 1.807) is 72.0 Å². The smallest absolute Gasteiger partial charge is 0.334 e. The molecular formula is C57H97N3O17. The van der Waals surface area contributed by atoms with Crippen LogP contribution in [0.3, 0.4) is 0 Å². The van der Waals surface area contributed by atoms with Crippen LogP contribution < -0.4 is 10.6 Å². The Morgan fingerprint density at radius 2 is 1.45 bits per heavy atom. The van der Waals surface area contributed by atoms with Gasteiger partial charge >= 0.3 is 17.9 Å². The monoisotopic (exact) mass is 1100 g/mol. The summed E-state index contributed by atoms with van der Waals surface area (Å²) < 4.78 is 17.5. The second-order valence-electron chi connectivity index (χ2n) is 21.7. The van der Waals surface area contributed by atoms with Crippen molar-refractivity contribution < 1.29 is 84.8 Å². The summed E-state index contributed by atoms with van der Waals surface area (Å²) in [5.41, 5.74) is 0.807. The average Bonchev–Trinajstić information content (AvgIpc) is 3.35. The molecule has 18 atom stereocenters. The highest BCUT2D eigenvalue weighted by atomic mass is 16.7. The third-order valence-electron chi connectivity index (χ3n) is 14.9. The first-order valence-electron chi connectivity index (χ1n) is 27.6. The van der Waals surface area contributed by atoms with Crippen molar-refractivity contribution in [2.45, 2.75) is 224 Å². The van der Waals surface area contributed by atoms with Crippen LogP contribution in [0.25, 0.3) is 0 Å². The minimum atomic E-state index is -2.51. The van der Waals surface area contributed by atoms with Crippen LogP contribution in [0, 0.1) is 29.6 Å². The van der Waals surface area contributed by atoms with Gasteiger partial charge in [-0.25, -0.2) is 4.79 Å². The van der Waals surface area contributed by atoms with Crippen molar-refractivity contribution in [3.8, 4) is 0 Å². The maximum Gasteiger partial charge on any atom is 0.334 e. The van der Waals surface area contributed by atoms with Crippen LogP contribution in [0.5, 0.6) is 0 Å². The molecule has 2 bridgehead atoms. The Bertz CT molecular complexity index is 1940. The van der Waals surface area contributed by atoms with E-state index >= 15 is 0 Å². The molecule has 2 aliphatic heterocycles. The van der Waals surface area contributed by atoms with E-state index in [0.717, 1.165) is 44.6 Å². The second-order valence-corrected chi connectivity index (χ2v) is 21.7. The summed E-state index contributed by atoms with van der Waals surface area (Å²) in [6.45, 7) is 13.1. The van der Waals surface area contributed by atoms with Gasteiger partial charge in [-0.05, 0) is 83.1 Å². The van der Waals surface area contributed by atoms with Crippen LogP contribution >= 0.6 is 0 Å². The number of aliphatic imine (C=N–C) groups is 1. The first-order chi connectivity index (χ1) is 36.2. The molecular weight excluding hydrogens is 999 g/mol.